The van der Waals surface area contributed by atoms with E-state index in [-0.39, 0.29) is 6.61 Å². The minimum atomic E-state index is -1.19. The van der Waals surface area contributed by atoms with Crippen molar-refractivity contribution in [2.75, 3.05) is 6.61 Å². The maximum Gasteiger partial charge on any atom is 0.134 e. The predicted octanol–water partition coefficient (Wildman–Crippen LogP) is -2.62. The van der Waals surface area contributed by atoms with E-state index in [1.54, 1.807) is 0 Å². The molecular weight excluding hydrogens is 138 g/mol. The number of aliphatic hydroxyl groups excluding tert-OH is 3. The lowest BCUT2D eigenvalue weighted by Crippen LogP contribution is -2.56. The van der Waals surface area contributed by atoms with Crippen molar-refractivity contribution in [1.29, 1.82) is 0 Å². The first-order chi connectivity index (χ1) is 4.63. The average molecular weight is 149 g/mol. The number of hydrogen-bond donors (Lipinski definition) is 4. The van der Waals surface area contributed by atoms with Gasteiger partial charge in [0.2, 0.25) is 0 Å². The fraction of sp³-hybridized carbons (Fsp3) is 1.00. The smallest absolute Gasteiger partial charge is 0.134 e. The fourth-order valence-corrected chi connectivity index (χ4v) is 0.829. The van der Waals surface area contributed by atoms with Crippen LogP contribution < -0.4 is 5.73 Å². The third-order valence-electron chi connectivity index (χ3n) is 1.54. The summed E-state index contributed by atoms with van der Waals surface area (Å²) in [6, 6.07) is 0. The van der Waals surface area contributed by atoms with Crippen molar-refractivity contribution in [1.82, 2.24) is 0 Å². The van der Waals surface area contributed by atoms with Crippen LogP contribution in [-0.2, 0) is 4.74 Å². The van der Waals surface area contributed by atoms with Crippen LogP contribution in [0.5, 0.6) is 0 Å². The van der Waals surface area contributed by atoms with Crippen molar-refractivity contribution in [3.05, 3.63) is 0 Å². The van der Waals surface area contributed by atoms with Gasteiger partial charge in [0.25, 0.3) is 0 Å². The minimum absolute atomic E-state index is 0.0284. The lowest BCUT2D eigenvalue weighted by atomic mass is 10.1. The molecule has 0 aromatic carbocycles. The van der Waals surface area contributed by atoms with Gasteiger partial charge in [-0.2, -0.15) is 0 Å². The Kier molecular flexibility index (Phi) is 2.22. The molecule has 0 saturated carbocycles. The first-order valence-corrected chi connectivity index (χ1v) is 3.04. The van der Waals surface area contributed by atoms with Gasteiger partial charge in [-0.05, 0) is 0 Å². The second-order valence-corrected chi connectivity index (χ2v) is 2.35. The van der Waals surface area contributed by atoms with Gasteiger partial charge in [-0.25, -0.2) is 0 Å². The van der Waals surface area contributed by atoms with Crippen LogP contribution in [0.1, 0.15) is 0 Å². The van der Waals surface area contributed by atoms with Crippen molar-refractivity contribution in [3.8, 4) is 0 Å². The molecule has 5 heteroatoms. The standard InChI is InChI=1S/C5H11NO4/c6-5-4(9)3(8)2(7)1-10-5/h2-5,7-9H,1,6H2/t2-,3-,4-,5-/m1/s1. The molecule has 0 aliphatic carbocycles. The van der Waals surface area contributed by atoms with Gasteiger partial charge < -0.3 is 25.8 Å². The van der Waals surface area contributed by atoms with E-state index in [0.29, 0.717) is 0 Å². The molecule has 1 saturated heterocycles. The first kappa shape index (κ1) is 7.90. The van der Waals surface area contributed by atoms with Gasteiger partial charge in [0, 0.05) is 0 Å². The monoisotopic (exact) mass is 149 g/mol. The van der Waals surface area contributed by atoms with Gasteiger partial charge in [-0.3, -0.25) is 0 Å². The Bertz CT molecular complexity index is 106. The zero-order chi connectivity index (χ0) is 7.72. The van der Waals surface area contributed by atoms with E-state index in [9.17, 15) is 0 Å². The molecule has 60 valence electrons. The minimum Gasteiger partial charge on any atom is -0.388 e. The number of ether oxygens (including phenoxy) is 1. The highest BCUT2D eigenvalue weighted by molar-refractivity contribution is 4.83. The molecule has 0 amide bonds. The molecule has 0 aromatic heterocycles. The van der Waals surface area contributed by atoms with Gasteiger partial charge in [0.1, 0.15) is 24.5 Å². The molecule has 0 bridgehead atoms. The molecule has 0 radical (unpaired) electrons. The summed E-state index contributed by atoms with van der Waals surface area (Å²) in [5.74, 6) is 0. The van der Waals surface area contributed by atoms with Crippen LogP contribution in [0.4, 0.5) is 0 Å². The molecule has 1 fully saturated rings. The Hall–Kier alpha value is -0.200. The highest BCUT2D eigenvalue weighted by atomic mass is 16.5. The molecule has 4 atom stereocenters. The third kappa shape index (κ3) is 1.28. The maximum absolute atomic E-state index is 8.96. The Labute approximate surface area is 58.0 Å². The van der Waals surface area contributed by atoms with E-state index in [0.717, 1.165) is 0 Å². The molecule has 0 aromatic rings. The topological polar surface area (TPSA) is 95.9 Å². The Morgan fingerprint density at radius 1 is 1.20 bits per heavy atom. The van der Waals surface area contributed by atoms with Crippen LogP contribution in [0.2, 0.25) is 0 Å². The molecule has 5 nitrogen and oxygen atoms in total. The molecule has 1 aliphatic rings. The summed E-state index contributed by atoms with van der Waals surface area (Å²) < 4.78 is 4.69. The SMILES string of the molecule is N[C@@H]1OC[C@@H](O)[C@@H](O)[C@H]1O. The maximum atomic E-state index is 8.96. The number of rotatable bonds is 0. The fourth-order valence-electron chi connectivity index (χ4n) is 0.829. The Balaban J connectivity index is 2.52. The van der Waals surface area contributed by atoms with Crippen LogP contribution in [0.25, 0.3) is 0 Å². The molecule has 0 spiro atoms. The summed E-state index contributed by atoms with van der Waals surface area (Å²) >= 11 is 0. The number of hydrogen-bond acceptors (Lipinski definition) is 5. The summed E-state index contributed by atoms with van der Waals surface area (Å²) in [7, 11) is 0. The summed E-state index contributed by atoms with van der Waals surface area (Å²) in [6.07, 6.45) is -4.30. The molecule has 10 heavy (non-hydrogen) atoms. The van der Waals surface area contributed by atoms with E-state index in [2.05, 4.69) is 0 Å². The van der Waals surface area contributed by atoms with Gasteiger partial charge in [0.05, 0.1) is 6.61 Å². The van der Waals surface area contributed by atoms with Crippen molar-refractivity contribution >= 4 is 0 Å². The second-order valence-electron chi connectivity index (χ2n) is 2.35. The third-order valence-corrected chi connectivity index (χ3v) is 1.54. The highest BCUT2D eigenvalue weighted by Gasteiger charge is 2.35. The first-order valence-electron chi connectivity index (χ1n) is 3.04. The largest absolute Gasteiger partial charge is 0.388 e. The van der Waals surface area contributed by atoms with Crippen LogP contribution >= 0.6 is 0 Å². The highest BCUT2D eigenvalue weighted by Crippen LogP contribution is 2.11. The lowest BCUT2D eigenvalue weighted by molar-refractivity contribution is -0.184. The van der Waals surface area contributed by atoms with Crippen LogP contribution in [0.3, 0.4) is 0 Å². The molecule has 5 N–H and O–H groups in total. The van der Waals surface area contributed by atoms with Crippen molar-refractivity contribution in [2.45, 2.75) is 24.5 Å². The normalized spacial score (nSPS) is 49.2. The van der Waals surface area contributed by atoms with Gasteiger partial charge in [-0.1, -0.05) is 0 Å². The quantitative estimate of drug-likeness (QED) is 0.302. The number of aliphatic hydroxyl groups is 3. The Morgan fingerprint density at radius 2 is 1.80 bits per heavy atom. The van der Waals surface area contributed by atoms with Crippen molar-refractivity contribution in [3.63, 3.8) is 0 Å². The van der Waals surface area contributed by atoms with Crippen LogP contribution in [0, 0.1) is 0 Å². The molecule has 1 aliphatic heterocycles. The van der Waals surface area contributed by atoms with E-state index in [4.69, 9.17) is 25.8 Å². The van der Waals surface area contributed by atoms with Gasteiger partial charge in [0.15, 0.2) is 0 Å². The summed E-state index contributed by atoms with van der Waals surface area (Å²) in [5.41, 5.74) is 5.19. The van der Waals surface area contributed by atoms with Gasteiger partial charge in [-0.15, -0.1) is 0 Å². The number of nitrogens with two attached hydrogens (primary N) is 1. The summed E-state index contributed by atoms with van der Waals surface area (Å²) in [6.45, 7) is -0.0284. The lowest BCUT2D eigenvalue weighted by Gasteiger charge is -2.32. The molecular formula is C5H11NO4. The molecule has 0 unspecified atom stereocenters. The zero-order valence-electron chi connectivity index (χ0n) is 5.34. The zero-order valence-corrected chi connectivity index (χ0v) is 5.34. The van der Waals surface area contributed by atoms with Gasteiger partial charge >= 0.3 is 0 Å². The van der Waals surface area contributed by atoms with Crippen molar-refractivity contribution < 1.29 is 20.1 Å². The second kappa shape index (κ2) is 2.81. The Morgan fingerprint density at radius 3 is 2.30 bits per heavy atom. The average Bonchev–Trinajstić information content (AvgIpc) is 1.93. The van der Waals surface area contributed by atoms with Crippen LogP contribution in [-0.4, -0.2) is 46.5 Å². The van der Waals surface area contributed by atoms with E-state index in [1.165, 1.54) is 0 Å². The van der Waals surface area contributed by atoms with E-state index in [1.807, 2.05) is 0 Å². The predicted molar refractivity (Wildman–Crippen MR) is 31.9 cm³/mol. The summed E-state index contributed by atoms with van der Waals surface area (Å²) in [5, 5.41) is 26.8. The molecule has 1 heterocycles. The van der Waals surface area contributed by atoms with E-state index < -0.39 is 24.5 Å². The molecule has 1 rings (SSSR count). The van der Waals surface area contributed by atoms with Crippen LogP contribution in [0.15, 0.2) is 0 Å². The van der Waals surface area contributed by atoms with Crippen molar-refractivity contribution in [2.24, 2.45) is 5.73 Å². The van der Waals surface area contributed by atoms with E-state index >= 15 is 0 Å². The summed E-state index contributed by atoms with van der Waals surface area (Å²) in [4.78, 5) is 0.